The molecule has 0 fully saturated rings. The first kappa shape index (κ1) is 18.1. The van der Waals surface area contributed by atoms with Gasteiger partial charge < -0.3 is 10.6 Å². The highest BCUT2D eigenvalue weighted by Crippen LogP contribution is 2.17. The Kier molecular flexibility index (Phi) is 5.16. The van der Waals surface area contributed by atoms with Gasteiger partial charge in [0.1, 0.15) is 0 Å². The van der Waals surface area contributed by atoms with Crippen LogP contribution in [-0.4, -0.2) is 21.9 Å². The highest BCUT2D eigenvalue weighted by Gasteiger charge is 2.10. The molecule has 0 aliphatic rings. The number of aromatic nitrogens is 2. The number of nitrogens with zero attached hydrogens (tertiary/aromatic N) is 2. The number of halogens is 2. The van der Waals surface area contributed by atoms with Crippen molar-refractivity contribution in [2.45, 2.75) is 6.92 Å². The first-order valence-electron chi connectivity index (χ1n) is 7.90. The number of hydrogen-bond acceptors (Lipinski definition) is 5. The summed E-state index contributed by atoms with van der Waals surface area (Å²) in [4.78, 5) is 23.4. The van der Waals surface area contributed by atoms with Crippen LogP contribution in [0.3, 0.4) is 0 Å². The standard InChI is InChI=1S/C19H14F2N4O2/c1-11(26)12-2-4-13(5-3-12)23-19(27)17-8-9-18(25-24-17)22-14-6-7-15(20)16(21)10-14/h2-10H,1H3,(H,22,25)(H,23,27). The number of rotatable bonds is 5. The Hall–Kier alpha value is -3.68. The van der Waals surface area contributed by atoms with Gasteiger partial charge in [0.2, 0.25) is 0 Å². The van der Waals surface area contributed by atoms with Crippen LogP contribution in [0, 0.1) is 11.6 Å². The van der Waals surface area contributed by atoms with E-state index in [1.54, 1.807) is 24.3 Å². The molecule has 136 valence electrons. The Morgan fingerprint density at radius 2 is 1.56 bits per heavy atom. The molecule has 0 aliphatic heterocycles. The summed E-state index contributed by atoms with van der Waals surface area (Å²) < 4.78 is 26.1. The van der Waals surface area contributed by atoms with Gasteiger partial charge in [-0.05, 0) is 55.5 Å². The highest BCUT2D eigenvalue weighted by atomic mass is 19.2. The van der Waals surface area contributed by atoms with Crippen LogP contribution in [0.4, 0.5) is 26.0 Å². The predicted molar refractivity (Wildman–Crippen MR) is 96.1 cm³/mol. The zero-order valence-electron chi connectivity index (χ0n) is 14.2. The van der Waals surface area contributed by atoms with E-state index in [9.17, 15) is 18.4 Å². The van der Waals surface area contributed by atoms with Crippen LogP contribution in [0.25, 0.3) is 0 Å². The van der Waals surface area contributed by atoms with Crippen molar-refractivity contribution in [2.24, 2.45) is 0 Å². The van der Waals surface area contributed by atoms with Gasteiger partial charge in [-0.3, -0.25) is 9.59 Å². The van der Waals surface area contributed by atoms with Gasteiger partial charge in [0.05, 0.1) is 0 Å². The molecule has 0 saturated heterocycles. The van der Waals surface area contributed by atoms with E-state index in [1.807, 2.05) is 0 Å². The third-order valence-corrected chi connectivity index (χ3v) is 3.64. The number of Topliss-reactive ketones (excluding diaryl/α,β-unsaturated/α-hetero) is 1. The molecule has 0 saturated carbocycles. The molecule has 2 N–H and O–H groups in total. The second kappa shape index (κ2) is 7.69. The van der Waals surface area contributed by atoms with E-state index in [0.717, 1.165) is 12.1 Å². The van der Waals surface area contributed by atoms with Crippen molar-refractivity contribution >= 4 is 28.9 Å². The summed E-state index contributed by atoms with van der Waals surface area (Å²) in [5, 5.41) is 13.1. The summed E-state index contributed by atoms with van der Waals surface area (Å²) in [6.07, 6.45) is 0. The summed E-state index contributed by atoms with van der Waals surface area (Å²) >= 11 is 0. The van der Waals surface area contributed by atoms with Crippen molar-refractivity contribution in [3.8, 4) is 0 Å². The second-order valence-corrected chi connectivity index (χ2v) is 5.65. The zero-order valence-corrected chi connectivity index (χ0v) is 14.2. The normalized spacial score (nSPS) is 10.3. The lowest BCUT2D eigenvalue weighted by atomic mass is 10.1. The summed E-state index contributed by atoms with van der Waals surface area (Å²) in [7, 11) is 0. The summed E-state index contributed by atoms with van der Waals surface area (Å²) in [5.74, 6) is -2.21. The zero-order chi connectivity index (χ0) is 19.4. The van der Waals surface area contributed by atoms with Gasteiger partial charge in [0.15, 0.2) is 28.9 Å². The van der Waals surface area contributed by atoms with E-state index in [1.165, 1.54) is 25.1 Å². The third kappa shape index (κ3) is 4.49. The van der Waals surface area contributed by atoms with E-state index in [2.05, 4.69) is 20.8 Å². The topological polar surface area (TPSA) is 84.0 Å². The average Bonchev–Trinajstić information content (AvgIpc) is 2.66. The van der Waals surface area contributed by atoms with E-state index in [0.29, 0.717) is 16.9 Å². The first-order chi connectivity index (χ1) is 12.9. The van der Waals surface area contributed by atoms with Crippen LogP contribution in [0.1, 0.15) is 27.8 Å². The van der Waals surface area contributed by atoms with Gasteiger partial charge in [-0.15, -0.1) is 10.2 Å². The molecule has 0 spiro atoms. The molecular formula is C19H14F2N4O2. The molecule has 3 aromatic rings. The number of hydrogen-bond donors (Lipinski definition) is 2. The van der Waals surface area contributed by atoms with Crippen molar-refractivity contribution in [3.63, 3.8) is 0 Å². The molecule has 8 heteroatoms. The molecular weight excluding hydrogens is 354 g/mol. The van der Waals surface area contributed by atoms with Crippen molar-refractivity contribution in [2.75, 3.05) is 10.6 Å². The maximum Gasteiger partial charge on any atom is 0.276 e. The van der Waals surface area contributed by atoms with Crippen molar-refractivity contribution in [1.29, 1.82) is 0 Å². The SMILES string of the molecule is CC(=O)c1ccc(NC(=O)c2ccc(Nc3ccc(F)c(F)c3)nn2)cc1. The Bertz CT molecular complexity index is 990. The Morgan fingerprint density at radius 1 is 0.852 bits per heavy atom. The lowest BCUT2D eigenvalue weighted by Crippen LogP contribution is -2.14. The number of carbonyl (C=O) groups is 2. The van der Waals surface area contributed by atoms with Gasteiger partial charge in [-0.1, -0.05) is 0 Å². The van der Waals surface area contributed by atoms with Crippen LogP contribution in [0.2, 0.25) is 0 Å². The fourth-order valence-corrected chi connectivity index (χ4v) is 2.23. The molecule has 0 bridgehead atoms. The van der Waals surface area contributed by atoms with Gasteiger partial charge in [-0.2, -0.15) is 0 Å². The molecule has 6 nitrogen and oxygen atoms in total. The number of ketones is 1. The maximum absolute atomic E-state index is 13.2. The molecule has 0 radical (unpaired) electrons. The number of amides is 1. The molecule has 0 aliphatic carbocycles. The molecule has 0 unspecified atom stereocenters. The van der Waals surface area contributed by atoms with Crippen LogP contribution >= 0.6 is 0 Å². The summed E-state index contributed by atoms with van der Waals surface area (Å²) in [5.41, 5.74) is 1.42. The van der Waals surface area contributed by atoms with Crippen LogP contribution in [0.15, 0.2) is 54.6 Å². The molecule has 1 amide bonds. The van der Waals surface area contributed by atoms with E-state index in [-0.39, 0.29) is 17.3 Å². The largest absolute Gasteiger partial charge is 0.339 e. The smallest absolute Gasteiger partial charge is 0.276 e. The minimum Gasteiger partial charge on any atom is -0.339 e. The van der Waals surface area contributed by atoms with Crippen LogP contribution in [-0.2, 0) is 0 Å². The Morgan fingerprint density at radius 3 is 2.15 bits per heavy atom. The number of benzene rings is 2. The van der Waals surface area contributed by atoms with Crippen LogP contribution < -0.4 is 10.6 Å². The van der Waals surface area contributed by atoms with Crippen molar-refractivity contribution in [1.82, 2.24) is 10.2 Å². The lowest BCUT2D eigenvalue weighted by molar-refractivity contribution is 0.101. The fourth-order valence-electron chi connectivity index (χ4n) is 2.23. The van der Waals surface area contributed by atoms with E-state index >= 15 is 0 Å². The molecule has 27 heavy (non-hydrogen) atoms. The number of anilines is 3. The third-order valence-electron chi connectivity index (χ3n) is 3.64. The van der Waals surface area contributed by atoms with Crippen LogP contribution in [0.5, 0.6) is 0 Å². The monoisotopic (exact) mass is 368 g/mol. The fraction of sp³-hybridized carbons (Fsp3) is 0.0526. The molecule has 3 rings (SSSR count). The van der Waals surface area contributed by atoms with Gasteiger partial charge in [0.25, 0.3) is 5.91 Å². The maximum atomic E-state index is 13.2. The lowest BCUT2D eigenvalue weighted by Gasteiger charge is -2.07. The molecule has 1 aromatic heterocycles. The first-order valence-corrected chi connectivity index (χ1v) is 7.90. The Balaban J connectivity index is 1.66. The number of nitrogens with one attached hydrogen (secondary N) is 2. The van der Waals surface area contributed by atoms with E-state index in [4.69, 9.17) is 0 Å². The predicted octanol–water partition coefficient (Wildman–Crippen LogP) is 3.95. The average molecular weight is 368 g/mol. The van der Waals surface area contributed by atoms with Gasteiger partial charge in [0, 0.05) is 23.0 Å². The van der Waals surface area contributed by atoms with E-state index < -0.39 is 17.5 Å². The van der Waals surface area contributed by atoms with Gasteiger partial charge in [-0.25, -0.2) is 8.78 Å². The molecule has 2 aromatic carbocycles. The summed E-state index contributed by atoms with van der Waals surface area (Å²) in [6.45, 7) is 1.46. The number of carbonyl (C=O) groups excluding carboxylic acids is 2. The second-order valence-electron chi connectivity index (χ2n) is 5.65. The minimum atomic E-state index is -0.986. The molecule has 1 heterocycles. The summed E-state index contributed by atoms with van der Waals surface area (Å²) in [6, 6.07) is 12.7. The quantitative estimate of drug-likeness (QED) is 0.666. The molecule has 0 atom stereocenters. The minimum absolute atomic E-state index is 0.0668. The highest BCUT2D eigenvalue weighted by molar-refractivity contribution is 6.03. The van der Waals surface area contributed by atoms with Crippen molar-refractivity contribution in [3.05, 3.63) is 77.5 Å². The van der Waals surface area contributed by atoms with Gasteiger partial charge >= 0.3 is 0 Å². The van der Waals surface area contributed by atoms with Crippen molar-refractivity contribution < 1.29 is 18.4 Å². The Labute approximate surface area is 153 Å².